The molecule has 1 aromatic heterocycles. The molecule has 0 spiro atoms. The summed E-state index contributed by atoms with van der Waals surface area (Å²) in [4.78, 5) is 8.15. The van der Waals surface area contributed by atoms with E-state index in [1.807, 2.05) is 31.2 Å². The first kappa shape index (κ1) is 15.1. The first-order valence-corrected chi connectivity index (χ1v) is 7.41. The van der Waals surface area contributed by atoms with Crippen molar-refractivity contribution >= 4 is 11.6 Å². The Kier molecular flexibility index (Phi) is 4.84. The number of H-pyrrole nitrogens is 1. The molecule has 0 aliphatic heterocycles. The lowest BCUT2D eigenvalue weighted by atomic mass is 9.97. The number of hydrogen-bond donors (Lipinski definition) is 2. The Bertz CT molecular complexity index is 558. The number of aryl methyl sites for hydroxylation is 1. The molecule has 1 aromatic carbocycles. The van der Waals surface area contributed by atoms with E-state index in [0.717, 1.165) is 34.2 Å². The van der Waals surface area contributed by atoms with Crippen molar-refractivity contribution in [3.63, 3.8) is 0 Å². The second-order valence-corrected chi connectivity index (χ2v) is 6.10. The van der Waals surface area contributed by atoms with E-state index < -0.39 is 0 Å². The largest absolute Gasteiger partial charge is 0.345 e. The highest BCUT2D eigenvalue weighted by atomic mass is 35.5. The Morgan fingerprint density at radius 1 is 1.25 bits per heavy atom. The van der Waals surface area contributed by atoms with Crippen molar-refractivity contribution in [3.05, 3.63) is 40.8 Å². The molecule has 20 heavy (non-hydrogen) atoms. The number of halogens is 1. The van der Waals surface area contributed by atoms with Crippen LogP contribution in [0.5, 0.6) is 0 Å². The van der Waals surface area contributed by atoms with E-state index in [0.29, 0.717) is 12.5 Å². The summed E-state index contributed by atoms with van der Waals surface area (Å²) >= 11 is 5.93. The van der Waals surface area contributed by atoms with Gasteiger partial charge in [-0.05, 0) is 31.4 Å². The smallest absolute Gasteiger partial charge is 0.111 e. The van der Waals surface area contributed by atoms with Gasteiger partial charge in [0.05, 0.1) is 5.69 Å². The molecular formula is C16H22ClN3. The van der Waals surface area contributed by atoms with Crippen LogP contribution >= 0.6 is 11.6 Å². The van der Waals surface area contributed by atoms with Crippen LogP contribution < -0.4 is 5.73 Å². The van der Waals surface area contributed by atoms with Gasteiger partial charge in [-0.15, -0.1) is 0 Å². The van der Waals surface area contributed by atoms with Crippen molar-refractivity contribution in [2.45, 2.75) is 33.1 Å². The summed E-state index contributed by atoms with van der Waals surface area (Å²) in [5, 5.41) is 0.738. The molecular weight excluding hydrogens is 270 g/mol. The second kappa shape index (κ2) is 6.42. The molecule has 0 saturated heterocycles. The van der Waals surface area contributed by atoms with Gasteiger partial charge >= 0.3 is 0 Å². The van der Waals surface area contributed by atoms with E-state index in [9.17, 15) is 0 Å². The summed E-state index contributed by atoms with van der Waals surface area (Å²) in [5.41, 5.74) is 9.03. The molecule has 0 radical (unpaired) electrons. The molecule has 2 aromatic rings. The third kappa shape index (κ3) is 3.41. The van der Waals surface area contributed by atoms with Gasteiger partial charge in [0.1, 0.15) is 5.82 Å². The van der Waals surface area contributed by atoms with Gasteiger partial charge in [-0.2, -0.15) is 0 Å². The van der Waals surface area contributed by atoms with Crippen LogP contribution in [0.2, 0.25) is 5.02 Å². The summed E-state index contributed by atoms with van der Waals surface area (Å²) in [6.07, 6.45) is 1.05. The Morgan fingerprint density at radius 2 is 1.90 bits per heavy atom. The van der Waals surface area contributed by atoms with Crippen LogP contribution in [0, 0.1) is 12.8 Å². The summed E-state index contributed by atoms with van der Waals surface area (Å²) in [6, 6.07) is 7.77. The van der Waals surface area contributed by atoms with Gasteiger partial charge in [0.2, 0.25) is 0 Å². The van der Waals surface area contributed by atoms with Crippen molar-refractivity contribution in [2.24, 2.45) is 11.7 Å². The number of aromatic amines is 1. The van der Waals surface area contributed by atoms with Gasteiger partial charge in [-0.3, -0.25) is 0 Å². The Hall–Kier alpha value is -1.32. The first-order valence-electron chi connectivity index (χ1n) is 7.03. The topological polar surface area (TPSA) is 54.7 Å². The molecule has 1 atom stereocenters. The predicted molar refractivity (Wildman–Crippen MR) is 85.0 cm³/mol. The maximum Gasteiger partial charge on any atom is 0.111 e. The van der Waals surface area contributed by atoms with Gasteiger partial charge in [-0.25, -0.2) is 4.98 Å². The van der Waals surface area contributed by atoms with Gasteiger partial charge < -0.3 is 10.7 Å². The molecule has 3 N–H and O–H groups in total. The van der Waals surface area contributed by atoms with Gasteiger partial charge in [-0.1, -0.05) is 37.6 Å². The number of nitrogens with zero attached hydrogens (tertiary/aromatic N) is 1. The highest BCUT2D eigenvalue weighted by molar-refractivity contribution is 6.30. The van der Waals surface area contributed by atoms with Crippen LogP contribution in [0.25, 0.3) is 11.3 Å². The molecule has 0 saturated carbocycles. The number of rotatable bonds is 5. The quantitative estimate of drug-likeness (QED) is 0.870. The number of nitrogens with two attached hydrogens (primary N) is 1. The van der Waals surface area contributed by atoms with E-state index in [1.54, 1.807) is 0 Å². The zero-order chi connectivity index (χ0) is 14.7. The average Bonchev–Trinajstić information content (AvgIpc) is 2.78. The fraction of sp³-hybridized carbons (Fsp3) is 0.438. The Morgan fingerprint density at radius 3 is 2.45 bits per heavy atom. The number of benzene rings is 1. The van der Waals surface area contributed by atoms with Gasteiger partial charge in [0, 0.05) is 28.7 Å². The number of hydrogen-bond acceptors (Lipinski definition) is 2. The standard InChI is InChI=1S/C16H22ClN3/c1-10(2)8-13(9-18)16-19-11(3)15(20-16)12-4-6-14(17)7-5-12/h4-7,10,13H,8-9,18H2,1-3H3,(H,19,20). The molecule has 0 bridgehead atoms. The zero-order valence-electron chi connectivity index (χ0n) is 12.3. The lowest BCUT2D eigenvalue weighted by molar-refractivity contribution is 0.490. The van der Waals surface area contributed by atoms with E-state index >= 15 is 0 Å². The van der Waals surface area contributed by atoms with E-state index in [2.05, 4.69) is 18.8 Å². The van der Waals surface area contributed by atoms with Crippen molar-refractivity contribution < 1.29 is 0 Å². The molecule has 0 fully saturated rings. The van der Waals surface area contributed by atoms with Crippen LogP contribution in [0.3, 0.4) is 0 Å². The fourth-order valence-corrected chi connectivity index (χ4v) is 2.58. The molecule has 3 nitrogen and oxygen atoms in total. The highest BCUT2D eigenvalue weighted by Crippen LogP contribution is 2.27. The summed E-state index contributed by atoms with van der Waals surface area (Å²) in [7, 11) is 0. The molecule has 4 heteroatoms. The van der Waals surface area contributed by atoms with Crippen LogP contribution in [0.1, 0.15) is 37.7 Å². The van der Waals surface area contributed by atoms with E-state index in [1.165, 1.54) is 0 Å². The lowest BCUT2D eigenvalue weighted by Crippen LogP contribution is -2.16. The van der Waals surface area contributed by atoms with Crippen LogP contribution in [-0.2, 0) is 0 Å². The molecule has 1 heterocycles. The summed E-state index contributed by atoms with van der Waals surface area (Å²) in [6.45, 7) is 7.08. The summed E-state index contributed by atoms with van der Waals surface area (Å²) in [5.74, 6) is 1.88. The Labute approximate surface area is 125 Å². The lowest BCUT2D eigenvalue weighted by Gasteiger charge is -2.14. The third-order valence-electron chi connectivity index (χ3n) is 3.45. The van der Waals surface area contributed by atoms with Gasteiger partial charge in [0.15, 0.2) is 0 Å². The molecule has 1 unspecified atom stereocenters. The monoisotopic (exact) mass is 291 g/mol. The number of imidazole rings is 1. The minimum atomic E-state index is 0.287. The first-order chi connectivity index (χ1) is 9.51. The van der Waals surface area contributed by atoms with Crippen molar-refractivity contribution in [1.82, 2.24) is 9.97 Å². The normalized spacial score (nSPS) is 12.9. The zero-order valence-corrected chi connectivity index (χ0v) is 13.0. The maximum atomic E-state index is 5.93. The molecule has 108 valence electrons. The molecule has 2 rings (SSSR count). The Balaban J connectivity index is 2.31. The molecule has 0 amide bonds. The minimum absolute atomic E-state index is 0.287. The van der Waals surface area contributed by atoms with Crippen molar-refractivity contribution in [3.8, 4) is 11.3 Å². The third-order valence-corrected chi connectivity index (χ3v) is 3.70. The number of aromatic nitrogens is 2. The second-order valence-electron chi connectivity index (χ2n) is 5.66. The highest BCUT2D eigenvalue weighted by Gasteiger charge is 2.17. The summed E-state index contributed by atoms with van der Waals surface area (Å²) < 4.78 is 0. The maximum absolute atomic E-state index is 5.93. The average molecular weight is 292 g/mol. The van der Waals surface area contributed by atoms with E-state index in [4.69, 9.17) is 22.3 Å². The van der Waals surface area contributed by atoms with Crippen LogP contribution in [-0.4, -0.2) is 16.5 Å². The molecule has 0 aliphatic rings. The molecule has 0 aliphatic carbocycles. The van der Waals surface area contributed by atoms with Crippen molar-refractivity contribution in [2.75, 3.05) is 6.54 Å². The van der Waals surface area contributed by atoms with Gasteiger partial charge in [0.25, 0.3) is 0 Å². The van der Waals surface area contributed by atoms with E-state index in [-0.39, 0.29) is 5.92 Å². The predicted octanol–water partition coefficient (Wildman–Crippen LogP) is 4.13. The van der Waals surface area contributed by atoms with Crippen molar-refractivity contribution in [1.29, 1.82) is 0 Å². The SMILES string of the molecule is Cc1[nH]c(C(CN)CC(C)C)nc1-c1ccc(Cl)cc1. The number of nitrogens with one attached hydrogen (secondary N) is 1. The van der Waals surface area contributed by atoms with Crippen LogP contribution in [0.15, 0.2) is 24.3 Å². The fourth-order valence-electron chi connectivity index (χ4n) is 2.45. The minimum Gasteiger partial charge on any atom is -0.345 e. The van der Waals surface area contributed by atoms with Crippen LogP contribution in [0.4, 0.5) is 0 Å².